The van der Waals surface area contributed by atoms with Crippen molar-refractivity contribution in [2.24, 2.45) is 0 Å². The van der Waals surface area contributed by atoms with Crippen LogP contribution in [0, 0.1) is 10.1 Å². The molecule has 0 fully saturated rings. The van der Waals surface area contributed by atoms with Crippen molar-refractivity contribution < 1.29 is 19.6 Å². The molecule has 0 spiro atoms. The highest BCUT2D eigenvalue weighted by Gasteiger charge is 2.09. The maximum absolute atomic E-state index is 11.9. The van der Waals surface area contributed by atoms with Gasteiger partial charge < -0.3 is 9.84 Å². The predicted octanol–water partition coefficient (Wildman–Crippen LogP) is 3.60. The highest BCUT2D eigenvalue weighted by atomic mass is 16.6. The third-order valence-corrected chi connectivity index (χ3v) is 3.20. The zero-order valence-electron chi connectivity index (χ0n) is 12.9. The largest absolute Gasteiger partial charge is 0.504 e. The number of allylic oxidation sites excluding steroid dienone is 2. The smallest absolute Gasteiger partial charge is 0.276 e. The lowest BCUT2D eigenvalue weighted by Crippen LogP contribution is -1.91. The number of phenols is 1. The lowest BCUT2D eigenvalue weighted by molar-refractivity contribution is -0.385. The van der Waals surface area contributed by atoms with E-state index in [1.54, 1.807) is 36.4 Å². The number of para-hydroxylation sites is 1. The summed E-state index contributed by atoms with van der Waals surface area (Å²) in [4.78, 5) is 22.3. The molecule has 0 saturated heterocycles. The van der Waals surface area contributed by atoms with Gasteiger partial charge in [-0.1, -0.05) is 24.3 Å². The van der Waals surface area contributed by atoms with Crippen LogP contribution in [0.3, 0.4) is 0 Å². The van der Waals surface area contributed by atoms with Crippen molar-refractivity contribution in [3.8, 4) is 11.5 Å². The summed E-state index contributed by atoms with van der Waals surface area (Å²) in [6.07, 6.45) is 5.56. The van der Waals surface area contributed by atoms with Crippen molar-refractivity contribution in [2.75, 3.05) is 7.11 Å². The molecule has 0 aliphatic heterocycles. The fraction of sp³-hybridized carbons (Fsp3) is 0.0556. The number of rotatable bonds is 6. The van der Waals surface area contributed by atoms with E-state index in [1.165, 1.54) is 37.5 Å². The molecule has 0 atom stereocenters. The number of benzene rings is 2. The Balaban J connectivity index is 2.12. The maximum Gasteiger partial charge on any atom is 0.276 e. The van der Waals surface area contributed by atoms with Crippen LogP contribution in [0.25, 0.3) is 12.2 Å². The number of phenolic OH excluding ortho intramolecular Hbond substituents is 1. The normalized spacial score (nSPS) is 11.0. The Hall–Kier alpha value is -3.41. The van der Waals surface area contributed by atoms with E-state index < -0.39 is 4.92 Å². The third-order valence-electron chi connectivity index (χ3n) is 3.20. The van der Waals surface area contributed by atoms with Crippen molar-refractivity contribution in [1.82, 2.24) is 0 Å². The summed E-state index contributed by atoms with van der Waals surface area (Å²) in [7, 11) is 1.43. The summed E-state index contributed by atoms with van der Waals surface area (Å²) in [5.74, 6) is -0.00231. The molecule has 6 nitrogen and oxygen atoms in total. The molecular formula is C18H15NO5. The average molecular weight is 325 g/mol. The van der Waals surface area contributed by atoms with Crippen molar-refractivity contribution in [1.29, 1.82) is 0 Å². The number of aromatic hydroxyl groups is 1. The van der Waals surface area contributed by atoms with Gasteiger partial charge in [-0.2, -0.15) is 0 Å². The van der Waals surface area contributed by atoms with Crippen molar-refractivity contribution in [2.45, 2.75) is 0 Å². The fourth-order valence-electron chi connectivity index (χ4n) is 2.00. The summed E-state index contributed by atoms with van der Waals surface area (Å²) in [6, 6.07) is 10.9. The number of nitrogens with zero attached hydrogens (tertiary/aromatic N) is 1. The molecule has 0 aliphatic rings. The Labute approximate surface area is 138 Å². The Morgan fingerprint density at radius 2 is 1.88 bits per heavy atom. The quantitative estimate of drug-likeness (QED) is 0.498. The van der Waals surface area contributed by atoms with E-state index in [1.807, 2.05) is 0 Å². The topological polar surface area (TPSA) is 89.7 Å². The van der Waals surface area contributed by atoms with Gasteiger partial charge in [0.1, 0.15) is 0 Å². The highest BCUT2D eigenvalue weighted by Crippen LogP contribution is 2.26. The molecule has 0 saturated carbocycles. The summed E-state index contributed by atoms with van der Waals surface area (Å²) < 4.78 is 4.99. The molecule has 0 aliphatic carbocycles. The van der Waals surface area contributed by atoms with Crippen LogP contribution in [0.2, 0.25) is 0 Å². The minimum absolute atomic E-state index is 0.0114. The minimum Gasteiger partial charge on any atom is -0.504 e. The Morgan fingerprint density at radius 1 is 1.17 bits per heavy atom. The van der Waals surface area contributed by atoms with E-state index in [0.717, 1.165) is 0 Å². The second-order valence-corrected chi connectivity index (χ2v) is 4.82. The predicted molar refractivity (Wildman–Crippen MR) is 90.8 cm³/mol. The SMILES string of the molecule is COc1cc(C=CC(=O)C=Cc2ccccc2[N+](=O)[O-])ccc1O. The zero-order valence-corrected chi connectivity index (χ0v) is 12.9. The Morgan fingerprint density at radius 3 is 2.58 bits per heavy atom. The van der Waals surface area contributed by atoms with Crippen molar-refractivity contribution in [3.63, 3.8) is 0 Å². The molecule has 0 aromatic heterocycles. The summed E-state index contributed by atoms with van der Waals surface area (Å²) in [5.41, 5.74) is 0.974. The van der Waals surface area contributed by atoms with Gasteiger partial charge in [-0.25, -0.2) is 0 Å². The highest BCUT2D eigenvalue weighted by molar-refractivity contribution is 6.04. The first kappa shape index (κ1) is 17.0. The second kappa shape index (κ2) is 7.73. The molecule has 0 unspecified atom stereocenters. The molecule has 2 aromatic carbocycles. The molecule has 0 bridgehead atoms. The van der Waals surface area contributed by atoms with E-state index in [9.17, 15) is 20.0 Å². The Bertz CT molecular complexity index is 824. The number of methoxy groups -OCH3 is 1. The molecule has 6 heteroatoms. The number of nitro benzene ring substituents is 1. The first-order valence-corrected chi connectivity index (χ1v) is 7.02. The van der Waals surface area contributed by atoms with Crippen LogP contribution in [0.5, 0.6) is 11.5 Å². The first-order chi connectivity index (χ1) is 11.5. The zero-order chi connectivity index (χ0) is 17.5. The number of hydrogen-bond donors (Lipinski definition) is 1. The van der Waals surface area contributed by atoms with Crippen LogP contribution in [-0.2, 0) is 4.79 Å². The van der Waals surface area contributed by atoms with Crippen LogP contribution in [0.15, 0.2) is 54.6 Å². The van der Waals surface area contributed by atoms with E-state index in [0.29, 0.717) is 16.9 Å². The van der Waals surface area contributed by atoms with Gasteiger partial charge in [0.25, 0.3) is 5.69 Å². The molecule has 122 valence electrons. The maximum atomic E-state index is 11.9. The lowest BCUT2D eigenvalue weighted by atomic mass is 10.1. The van der Waals surface area contributed by atoms with E-state index >= 15 is 0 Å². The Kier molecular flexibility index (Phi) is 5.46. The molecule has 1 N–H and O–H groups in total. The van der Waals surface area contributed by atoms with Gasteiger partial charge in [0.2, 0.25) is 0 Å². The molecule has 2 rings (SSSR count). The molecular weight excluding hydrogens is 310 g/mol. The van der Waals surface area contributed by atoms with Gasteiger partial charge in [0.05, 0.1) is 17.6 Å². The number of carbonyl (C=O) groups is 1. The summed E-state index contributed by atoms with van der Waals surface area (Å²) >= 11 is 0. The van der Waals surface area contributed by atoms with Gasteiger partial charge in [0.15, 0.2) is 17.3 Å². The second-order valence-electron chi connectivity index (χ2n) is 4.82. The number of carbonyl (C=O) groups excluding carboxylic acids is 1. The summed E-state index contributed by atoms with van der Waals surface area (Å²) in [6.45, 7) is 0. The third kappa shape index (κ3) is 4.30. The molecule has 24 heavy (non-hydrogen) atoms. The molecule has 0 heterocycles. The van der Waals surface area contributed by atoms with Crippen LogP contribution >= 0.6 is 0 Å². The van der Waals surface area contributed by atoms with Crippen LogP contribution in [0.4, 0.5) is 5.69 Å². The number of hydrogen-bond acceptors (Lipinski definition) is 5. The van der Waals surface area contributed by atoms with Crippen molar-refractivity contribution in [3.05, 3.63) is 75.9 Å². The van der Waals surface area contributed by atoms with Gasteiger partial charge >= 0.3 is 0 Å². The average Bonchev–Trinajstić information content (AvgIpc) is 2.59. The summed E-state index contributed by atoms with van der Waals surface area (Å²) in [5, 5.41) is 20.4. The van der Waals surface area contributed by atoms with E-state index in [2.05, 4.69) is 0 Å². The van der Waals surface area contributed by atoms with Gasteiger partial charge in [-0.15, -0.1) is 0 Å². The fourth-order valence-corrected chi connectivity index (χ4v) is 2.00. The van der Waals surface area contributed by atoms with Crippen LogP contribution < -0.4 is 4.74 Å². The minimum atomic E-state index is -0.497. The molecule has 0 amide bonds. The van der Waals surface area contributed by atoms with E-state index in [-0.39, 0.29) is 17.2 Å². The monoisotopic (exact) mass is 325 g/mol. The molecule has 2 aromatic rings. The number of ether oxygens (including phenoxy) is 1. The van der Waals surface area contributed by atoms with Gasteiger partial charge in [-0.3, -0.25) is 14.9 Å². The van der Waals surface area contributed by atoms with Crippen molar-refractivity contribution >= 4 is 23.6 Å². The number of nitro groups is 1. The number of ketones is 1. The van der Waals surface area contributed by atoms with Crippen LogP contribution in [0.1, 0.15) is 11.1 Å². The molecule has 0 radical (unpaired) electrons. The first-order valence-electron chi connectivity index (χ1n) is 7.02. The standard InChI is InChI=1S/C18H15NO5/c1-24-18-12-13(7-11-17(18)21)6-9-15(20)10-8-14-4-2-3-5-16(14)19(22)23/h2-12,21H,1H3. The van der Waals surface area contributed by atoms with Gasteiger partial charge in [0, 0.05) is 6.07 Å². The van der Waals surface area contributed by atoms with Gasteiger partial charge in [-0.05, 0) is 42.0 Å². The lowest BCUT2D eigenvalue weighted by Gasteiger charge is -2.03. The van der Waals surface area contributed by atoms with Crippen LogP contribution in [-0.4, -0.2) is 22.9 Å². The van der Waals surface area contributed by atoms with E-state index in [4.69, 9.17) is 4.74 Å².